The molecule has 0 spiro atoms. The fourth-order valence-electron chi connectivity index (χ4n) is 4.77. The Morgan fingerprint density at radius 2 is 1.80 bits per heavy atom. The fraction of sp³-hybridized carbons (Fsp3) is 0.310. The van der Waals surface area contributed by atoms with Gasteiger partial charge in [0, 0.05) is 18.4 Å². The second-order valence-electron chi connectivity index (χ2n) is 9.18. The van der Waals surface area contributed by atoms with Gasteiger partial charge in [0.1, 0.15) is 11.6 Å². The van der Waals surface area contributed by atoms with Crippen LogP contribution in [0.1, 0.15) is 48.4 Å². The molecule has 6 heteroatoms. The maximum atomic E-state index is 14.5. The molecule has 0 bridgehead atoms. The van der Waals surface area contributed by atoms with Crippen molar-refractivity contribution in [3.05, 3.63) is 101 Å². The monoisotopic (exact) mass is 474 g/mol. The van der Waals surface area contributed by atoms with Crippen molar-refractivity contribution < 1.29 is 18.7 Å². The van der Waals surface area contributed by atoms with Crippen LogP contribution in [0.3, 0.4) is 0 Å². The third-order valence-corrected chi connectivity index (χ3v) is 6.67. The van der Waals surface area contributed by atoms with E-state index in [1.807, 2.05) is 60.7 Å². The number of carbonyl (C=O) groups excluding carboxylic acids is 2. The number of rotatable bonds is 10. The van der Waals surface area contributed by atoms with Crippen LogP contribution in [0.5, 0.6) is 5.75 Å². The van der Waals surface area contributed by atoms with E-state index in [9.17, 15) is 14.0 Å². The predicted octanol–water partition coefficient (Wildman–Crippen LogP) is 4.91. The van der Waals surface area contributed by atoms with Crippen LogP contribution in [0.15, 0.2) is 78.9 Å². The van der Waals surface area contributed by atoms with E-state index in [0.717, 1.165) is 11.1 Å². The Bertz CT molecular complexity index is 1150. The van der Waals surface area contributed by atoms with Crippen LogP contribution in [-0.2, 0) is 22.4 Å². The van der Waals surface area contributed by atoms with Crippen molar-refractivity contribution >= 4 is 11.8 Å². The number of methoxy groups -OCH3 is 1. The lowest BCUT2D eigenvalue weighted by atomic mass is 9.84. The minimum atomic E-state index is -0.663. The molecule has 4 rings (SSSR count). The topological polar surface area (TPSA) is 67.4 Å². The molecule has 2 amide bonds. The molecule has 2 atom stereocenters. The van der Waals surface area contributed by atoms with Crippen molar-refractivity contribution in [1.29, 1.82) is 0 Å². The highest BCUT2D eigenvalue weighted by Crippen LogP contribution is 2.32. The van der Waals surface area contributed by atoms with Gasteiger partial charge in [-0.15, -0.1) is 0 Å². The first-order chi connectivity index (χ1) is 17.0. The number of nitrogens with one attached hydrogen (secondary N) is 2. The number of hydrogen-bond acceptors (Lipinski definition) is 3. The summed E-state index contributed by atoms with van der Waals surface area (Å²) in [5, 5.41) is 6.22. The molecule has 1 fully saturated rings. The molecule has 35 heavy (non-hydrogen) atoms. The molecule has 1 heterocycles. The highest BCUT2D eigenvalue weighted by atomic mass is 19.1. The van der Waals surface area contributed by atoms with Crippen molar-refractivity contribution in [2.75, 3.05) is 7.11 Å². The summed E-state index contributed by atoms with van der Waals surface area (Å²) >= 11 is 0. The van der Waals surface area contributed by atoms with E-state index < -0.39 is 5.54 Å². The predicted molar refractivity (Wildman–Crippen MR) is 133 cm³/mol. The molecule has 0 aromatic heterocycles. The van der Waals surface area contributed by atoms with Crippen LogP contribution in [0.25, 0.3) is 0 Å². The summed E-state index contributed by atoms with van der Waals surface area (Å²) in [7, 11) is 1.53. The van der Waals surface area contributed by atoms with Gasteiger partial charge in [0.05, 0.1) is 13.2 Å². The van der Waals surface area contributed by atoms with Gasteiger partial charge in [-0.25, -0.2) is 4.39 Å². The Hall–Kier alpha value is -3.67. The molecular weight excluding hydrogens is 443 g/mol. The number of ether oxygens (including phenoxy) is 1. The summed E-state index contributed by atoms with van der Waals surface area (Å²) < 4.78 is 19.8. The highest BCUT2D eigenvalue weighted by Gasteiger charge is 2.38. The summed E-state index contributed by atoms with van der Waals surface area (Å²) in [5.41, 5.74) is 1.98. The summed E-state index contributed by atoms with van der Waals surface area (Å²) in [6, 6.07) is 24.4. The van der Waals surface area contributed by atoms with Gasteiger partial charge in [0.2, 0.25) is 11.8 Å². The number of benzene rings is 3. The van der Waals surface area contributed by atoms with Gasteiger partial charge in [0.15, 0.2) is 0 Å². The van der Waals surface area contributed by atoms with Crippen LogP contribution >= 0.6 is 0 Å². The van der Waals surface area contributed by atoms with Crippen molar-refractivity contribution in [1.82, 2.24) is 10.6 Å². The van der Waals surface area contributed by atoms with Crippen LogP contribution in [-0.4, -0.2) is 24.5 Å². The van der Waals surface area contributed by atoms with E-state index in [-0.39, 0.29) is 30.1 Å². The molecule has 0 aliphatic carbocycles. The standard InChI is InChI=1S/C29H31FN2O3/c1-35-24-12-13-25(30)23(19-24)20-29(17-15-28(34)32-29)16-14-27(33)31-26(22-10-6-3-7-11-22)18-21-8-4-2-5-9-21/h2-13,19,26H,14-18,20H2,1H3,(H,31,33)(H,32,34). The van der Waals surface area contributed by atoms with Gasteiger partial charge < -0.3 is 15.4 Å². The summed E-state index contributed by atoms with van der Waals surface area (Å²) in [5.74, 6) is 0.0504. The molecule has 2 N–H and O–H groups in total. The Morgan fingerprint density at radius 1 is 1.09 bits per heavy atom. The molecule has 3 aromatic rings. The summed E-state index contributed by atoms with van der Waals surface area (Å²) in [6.07, 6.45) is 2.56. The van der Waals surface area contributed by atoms with Gasteiger partial charge >= 0.3 is 0 Å². The minimum Gasteiger partial charge on any atom is -0.497 e. The first-order valence-corrected chi connectivity index (χ1v) is 12.0. The van der Waals surface area contributed by atoms with E-state index in [2.05, 4.69) is 10.6 Å². The first-order valence-electron chi connectivity index (χ1n) is 12.0. The molecule has 1 aliphatic heterocycles. The average molecular weight is 475 g/mol. The second-order valence-corrected chi connectivity index (χ2v) is 9.18. The molecule has 5 nitrogen and oxygen atoms in total. The Kier molecular flexibility index (Phi) is 7.80. The molecule has 0 radical (unpaired) electrons. The third-order valence-electron chi connectivity index (χ3n) is 6.67. The van der Waals surface area contributed by atoms with Crippen LogP contribution < -0.4 is 15.4 Å². The van der Waals surface area contributed by atoms with E-state index in [1.54, 1.807) is 12.1 Å². The average Bonchev–Trinajstić information content (AvgIpc) is 3.25. The van der Waals surface area contributed by atoms with Crippen molar-refractivity contribution in [2.24, 2.45) is 0 Å². The highest BCUT2D eigenvalue weighted by molar-refractivity contribution is 5.80. The SMILES string of the molecule is COc1ccc(F)c(CC2(CCC(=O)NC(Cc3ccccc3)c3ccccc3)CCC(=O)N2)c1. The zero-order valence-corrected chi connectivity index (χ0v) is 19.9. The zero-order chi connectivity index (χ0) is 24.7. The summed E-state index contributed by atoms with van der Waals surface area (Å²) in [6.45, 7) is 0. The lowest BCUT2D eigenvalue weighted by Crippen LogP contribution is -2.45. The maximum Gasteiger partial charge on any atom is 0.220 e. The van der Waals surface area contributed by atoms with Gasteiger partial charge in [-0.05, 0) is 60.6 Å². The lowest BCUT2D eigenvalue weighted by molar-refractivity contribution is -0.123. The molecular formula is C29H31FN2O3. The maximum absolute atomic E-state index is 14.5. The van der Waals surface area contributed by atoms with Crippen molar-refractivity contribution in [2.45, 2.75) is 50.1 Å². The van der Waals surface area contributed by atoms with Gasteiger partial charge in [-0.3, -0.25) is 9.59 Å². The molecule has 1 aliphatic rings. The first kappa shape index (κ1) is 24.5. The fourth-order valence-corrected chi connectivity index (χ4v) is 4.77. The van der Waals surface area contributed by atoms with Crippen LogP contribution in [0, 0.1) is 5.82 Å². The smallest absolute Gasteiger partial charge is 0.220 e. The molecule has 1 saturated heterocycles. The Balaban J connectivity index is 1.46. The van der Waals surface area contributed by atoms with Crippen LogP contribution in [0.2, 0.25) is 0 Å². The summed E-state index contributed by atoms with van der Waals surface area (Å²) in [4.78, 5) is 25.2. The molecule has 0 saturated carbocycles. The molecule has 182 valence electrons. The van der Waals surface area contributed by atoms with E-state index in [4.69, 9.17) is 4.74 Å². The van der Waals surface area contributed by atoms with Crippen LogP contribution in [0.4, 0.5) is 4.39 Å². The largest absolute Gasteiger partial charge is 0.497 e. The van der Waals surface area contributed by atoms with E-state index >= 15 is 0 Å². The van der Waals surface area contributed by atoms with Gasteiger partial charge in [-0.2, -0.15) is 0 Å². The Morgan fingerprint density at radius 3 is 2.46 bits per heavy atom. The number of hydrogen-bond donors (Lipinski definition) is 2. The lowest BCUT2D eigenvalue weighted by Gasteiger charge is -2.30. The van der Waals surface area contributed by atoms with E-state index in [1.165, 1.54) is 13.2 Å². The van der Waals surface area contributed by atoms with E-state index in [0.29, 0.717) is 43.4 Å². The molecule has 3 aromatic carbocycles. The van der Waals surface area contributed by atoms with Gasteiger partial charge in [-0.1, -0.05) is 60.7 Å². The number of halogens is 1. The van der Waals surface area contributed by atoms with Crippen molar-refractivity contribution in [3.63, 3.8) is 0 Å². The number of carbonyl (C=O) groups is 2. The second kappa shape index (κ2) is 11.2. The zero-order valence-electron chi connectivity index (χ0n) is 19.9. The number of amides is 2. The van der Waals surface area contributed by atoms with Gasteiger partial charge in [0.25, 0.3) is 0 Å². The Labute approximate surface area is 205 Å². The molecule has 2 unspecified atom stereocenters. The van der Waals surface area contributed by atoms with Crippen molar-refractivity contribution in [3.8, 4) is 5.75 Å². The normalized spacial score (nSPS) is 18.1. The third kappa shape index (κ3) is 6.47. The quantitative estimate of drug-likeness (QED) is 0.439. The minimum absolute atomic E-state index is 0.0695.